The molecule has 0 unspecified atom stereocenters. The average Bonchev–Trinajstić information content (AvgIpc) is 2.73. The number of carboxylic acid groups (broad SMARTS) is 1. The van der Waals surface area contributed by atoms with Gasteiger partial charge in [-0.25, -0.2) is 4.79 Å². The second-order valence-corrected chi connectivity index (χ2v) is 4.66. The zero-order chi connectivity index (χ0) is 12.3. The summed E-state index contributed by atoms with van der Waals surface area (Å²) in [6.07, 6.45) is 0. The maximum Gasteiger partial charge on any atom is 0.335 e. The lowest BCUT2D eigenvalue weighted by atomic mass is 10.1. The number of hydrogen-bond donors (Lipinski definition) is 2. The number of aromatic carboxylic acids is 1. The summed E-state index contributed by atoms with van der Waals surface area (Å²) in [5, 5.41) is 21.4. The van der Waals surface area contributed by atoms with Crippen molar-refractivity contribution in [1.29, 1.82) is 0 Å². The highest BCUT2D eigenvalue weighted by atomic mass is 32.1. The Kier molecular flexibility index (Phi) is 3.34. The van der Waals surface area contributed by atoms with Gasteiger partial charge in [-0.15, -0.1) is 10.2 Å². The second kappa shape index (κ2) is 4.92. The standard InChI is InChI=1S/C11H11N3O2S/c1-7-13-14-11(17-7)12-6-8-2-4-9(5-3-8)10(15)16/h2-5H,6H2,1H3,(H,12,14)(H,15,16). The van der Waals surface area contributed by atoms with Gasteiger partial charge in [-0.1, -0.05) is 23.5 Å². The molecule has 2 N–H and O–H groups in total. The molecule has 0 aliphatic carbocycles. The first-order valence-electron chi connectivity index (χ1n) is 5.01. The number of nitrogens with zero attached hydrogens (tertiary/aromatic N) is 2. The fourth-order valence-corrected chi connectivity index (χ4v) is 1.90. The predicted molar refractivity (Wildman–Crippen MR) is 65.4 cm³/mol. The van der Waals surface area contributed by atoms with Crippen LogP contribution in [0.1, 0.15) is 20.9 Å². The molecule has 0 radical (unpaired) electrons. The molecule has 1 aromatic carbocycles. The number of benzene rings is 1. The van der Waals surface area contributed by atoms with Crippen LogP contribution >= 0.6 is 11.3 Å². The van der Waals surface area contributed by atoms with Gasteiger partial charge in [0.15, 0.2) is 0 Å². The van der Waals surface area contributed by atoms with Gasteiger partial charge in [0, 0.05) is 6.54 Å². The number of hydrogen-bond acceptors (Lipinski definition) is 5. The normalized spacial score (nSPS) is 10.2. The Bertz CT molecular complexity index is 522. The van der Waals surface area contributed by atoms with Crippen molar-refractivity contribution in [3.05, 3.63) is 40.4 Å². The molecular formula is C11H11N3O2S. The average molecular weight is 249 g/mol. The zero-order valence-corrected chi connectivity index (χ0v) is 9.99. The van der Waals surface area contributed by atoms with Crippen molar-refractivity contribution in [3.63, 3.8) is 0 Å². The molecule has 0 spiro atoms. The van der Waals surface area contributed by atoms with E-state index in [1.54, 1.807) is 24.3 Å². The van der Waals surface area contributed by atoms with Gasteiger partial charge in [0.25, 0.3) is 0 Å². The SMILES string of the molecule is Cc1nnc(NCc2ccc(C(=O)O)cc2)s1. The largest absolute Gasteiger partial charge is 0.478 e. The van der Waals surface area contributed by atoms with Gasteiger partial charge >= 0.3 is 5.97 Å². The molecule has 0 aliphatic heterocycles. The molecule has 0 aliphatic rings. The van der Waals surface area contributed by atoms with Crippen molar-refractivity contribution in [2.24, 2.45) is 0 Å². The van der Waals surface area contributed by atoms with Crippen LogP contribution in [0.5, 0.6) is 0 Å². The lowest BCUT2D eigenvalue weighted by Gasteiger charge is -2.02. The first-order chi connectivity index (χ1) is 8.15. The number of carboxylic acids is 1. The lowest BCUT2D eigenvalue weighted by Crippen LogP contribution is -2.00. The van der Waals surface area contributed by atoms with Crippen LogP contribution in [-0.2, 0) is 6.54 Å². The molecule has 0 bridgehead atoms. The van der Waals surface area contributed by atoms with E-state index in [4.69, 9.17) is 5.11 Å². The Balaban J connectivity index is 1.97. The van der Waals surface area contributed by atoms with Gasteiger partial charge in [-0.3, -0.25) is 0 Å². The van der Waals surface area contributed by atoms with E-state index in [0.29, 0.717) is 12.1 Å². The number of nitrogens with one attached hydrogen (secondary N) is 1. The predicted octanol–water partition coefficient (Wildman–Crippen LogP) is 2.16. The van der Waals surface area contributed by atoms with E-state index in [-0.39, 0.29) is 0 Å². The molecule has 0 amide bonds. The minimum Gasteiger partial charge on any atom is -0.478 e. The zero-order valence-electron chi connectivity index (χ0n) is 9.17. The quantitative estimate of drug-likeness (QED) is 0.868. The van der Waals surface area contributed by atoms with Crippen molar-refractivity contribution in [3.8, 4) is 0 Å². The summed E-state index contributed by atoms with van der Waals surface area (Å²) < 4.78 is 0. The summed E-state index contributed by atoms with van der Waals surface area (Å²) in [7, 11) is 0. The molecule has 2 aromatic rings. The highest BCUT2D eigenvalue weighted by Gasteiger charge is 2.02. The Morgan fingerprint density at radius 2 is 2.06 bits per heavy atom. The molecule has 0 saturated heterocycles. The van der Waals surface area contributed by atoms with Crippen LogP contribution in [0.25, 0.3) is 0 Å². The van der Waals surface area contributed by atoms with Crippen molar-refractivity contribution in [2.45, 2.75) is 13.5 Å². The highest BCUT2D eigenvalue weighted by molar-refractivity contribution is 7.15. The third kappa shape index (κ3) is 3.01. The van der Waals surface area contributed by atoms with Crippen LogP contribution in [0.2, 0.25) is 0 Å². The van der Waals surface area contributed by atoms with E-state index in [1.165, 1.54) is 11.3 Å². The van der Waals surface area contributed by atoms with Gasteiger partial charge in [0.05, 0.1) is 5.56 Å². The van der Waals surface area contributed by atoms with E-state index in [9.17, 15) is 4.79 Å². The van der Waals surface area contributed by atoms with Crippen molar-refractivity contribution >= 4 is 22.4 Å². The molecule has 0 saturated carbocycles. The summed E-state index contributed by atoms with van der Waals surface area (Å²) in [5.41, 5.74) is 1.29. The fraction of sp³-hybridized carbons (Fsp3) is 0.182. The summed E-state index contributed by atoms with van der Waals surface area (Å²) in [5.74, 6) is -0.913. The van der Waals surface area contributed by atoms with Crippen LogP contribution < -0.4 is 5.32 Å². The van der Waals surface area contributed by atoms with Crippen LogP contribution in [-0.4, -0.2) is 21.3 Å². The lowest BCUT2D eigenvalue weighted by molar-refractivity contribution is 0.0697. The highest BCUT2D eigenvalue weighted by Crippen LogP contribution is 2.15. The first kappa shape index (κ1) is 11.5. The molecule has 6 heteroatoms. The van der Waals surface area contributed by atoms with E-state index < -0.39 is 5.97 Å². The second-order valence-electron chi connectivity index (χ2n) is 3.48. The number of aromatic nitrogens is 2. The Morgan fingerprint density at radius 3 is 2.59 bits per heavy atom. The summed E-state index contributed by atoms with van der Waals surface area (Å²) >= 11 is 1.49. The Morgan fingerprint density at radius 1 is 1.35 bits per heavy atom. The molecule has 0 fully saturated rings. The summed E-state index contributed by atoms with van der Waals surface area (Å²) in [4.78, 5) is 10.7. The van der Waals surface area contributed by atoms with Gasteiger partial charge in [0.1, 0.15) is 5.01 Å². The van der Waals surface area contributed by atoms with Crippen LogP contribution in [0, 0.1) is 6.92 Å². The van der Waals surface area contributed by atoms with E-state index >= 15 is 0 Å². The van der Waals surface area contributed by atoms with Crippen LogP contribution in [0.15, 0.2) is 24.3 Å². The van der Waals surface area contributed by atoms with Gasteiger partial charge in [-0.2, -0.15) is 0 Å². The Labute approximate surface area is 102 Å². The first-order valence-corrected chi connectivity index (χ1v) is 5.83. The molecule has 0 atom stereocenters. The molecule has 1 heterocycles. The molecule has 17 heavy (non-hydrogen) atoms. The molecule has 1 aromatic heterocycles. The van der Waals surface area contributed by atoms with Crippen LogP contribution in [0.3, 0.4) is 0 Å². The number of anilines is 1. The molecule has 5 nitrogen and oxygen atoms in total. The maximum atomic E-state index is 10.7. The van der Waals surface area contributed by atoms with Gasteiger partial charge in [0.2, 0.25) is 5.13 Å². The fourth-order valence-electron chi connectivity index (χ4n) is 1.31. The van der Waals surface area contributed by atoms with Gasteiger partial charge < -0.3 is 10.4 Å². The van der Waals surface area contributed by atoms with Crippen molar-refractivity contribution in [2.75, 3.05) is 5.32 Å². The number of aryl methyl sites for hydroxylation is 1. The number of rotatable bonds is 4. The monoisotopic (exact) mass is 249 g/mol. The minimum absolute atomic E-state index is 0.292. The third-order valence-corrected chi connectivity index (χ3v) is 2.97. The Hall–Kier alpha value is -1.95. The molecule has 2 rings (SSSR count). The third-order valence-electron chi connectivity index (χ3n) is 2.17. The smallest absolute Gasteiger partial charge is 0.335 e. The summed E-state index contributed by atoms with van der Waals surface area (Å²) in [6, 6.07) is 6.74. The minimum atomic E-state index is -0.913. The van der Waals surface area contributed by atoms with Crippen LogP contribution in [0.4, 0.5) is 5.13 Å². The topological polar surface area (TPSA) is 75.1 Å². The van der Waals surface area contributed by atoms with E-state index in [1.807, 2.05) is 6.92 Å². The van der Waals surface area contributed by atoms with Gasteiger partial charge in [-0.05, 0) is 24.6 Å². The number of carbonyl (C=O) groups is 1. The van der Waals surface area contributed by atoms with E-state index in [2.05, 4.69) is 15.5 Å². The summed E-state index contributed by atoms with van der Waals surface area (Å²) in [6.45, 7) is 2.50. The van der Waals surface area contributed by atoms with Crippen molar-refractivity contribution in [1.82, 2.24) is 10.2 Å². The van der Waals surface area contributed by atoms with Crippen molar-refractivity contribution < 1.29 is 9.90 Å². The van der Waals surface area contributed by atoms with E-state index in [0.717, 1.165) is 15.7 Å². The maximum absolute atomic E-state index is 10.7. The molecule has 88 valence electrons. The molecular weight excluding hydrogens is 238 g/mol.